The zero-order valence-electron chi connectivity index (χ0n) is 18.0. The smallest absolute Gasteiger partial charge is 0.256 e. The molecule has 34 heavy (non-hydrogen) atoms. The van der Waals surface area contributed by atoms with Crippen LogP contribution in [0.1, 0.15) is 10.4 Å². The van der Waals surface area contributed by atoms with E-state index in [0.717, 1.165) is 22.0 Å². The van der Waals surface area contributed by atoms with E-state index in [2.05, 4.69) is 20.5 Å². The molecule has 0 unspecified atom stereocenters. The normalized spacial score (nSPS) is 11.1. The summed E-state index contributed by atoms with van der Waals surface area (Å²) in [7, 11) is 0. The Hall–Kier alpha value is -4.91. The molecular weight excluding hydrogens is 424 g/mol. The zero-order chi connectivity index (χ0) is 22.9. The second kappa shape index (κ2) is 8.22. The van der Waals surface area contributed by atoms with Crippen LogP contribution in [0.5, 0.6) is 0 Å². The van der Waals surface area contributed by atoms with Crippen molar-refractivity contribution in [2.24, 2.45) is 0 Å². The maximum absolute atomic E-state index is 12.9. The molecule has 3 aromatic heterocycles. The van der Waals surface area contributed by atoms with Crippen molar-refractivity contribution < 1.29 is 4.79 Å². The van der Waals surface area contributed by atoms with Crippen molar-refractivity contribution in [1.29, 1.82) is 0 Å². The summed E-state index contributed by atoms with van der Waals surface area (Å²) in [6, 6.07) is 30.6. The molecule has 0 saturated carbocycles. The fourth-order valence-corrected chi connectivity index (χ4v) is 3.94. The summed E-state index contributed by atoms with van der Waals surface area (Å²) in [5.41, 5.74) is 4.36. The summed E-state index contributed by atoms with van der Waals surface area (Å²) in [5, 5.41) is 18.1. The van der Waals surface area contributed by atoms with Crippen LogP contribution in [-0.4, -0.2) is 30.7 Å². The van der Waals surface area contributed by atoms with E-state index in [4.69, 9.17) is 5.10 Å². The highest BCUT2D eigenvalue weighted by Crippen LogP contribution is 2.23. The van der Waals surface area contributed by atoms with Gasteiger partial charge in [-0.2, -0.15) is 9.61 Å². The van der Waals surface area contributed by atoms with Crippen molar-refractivity contribution in [3.05, 3.63) is 109 Å². The van der Waals surface area contributed by atoms with E-state index < -0.39 is 0 Å². The molecule has 7 heteroatoms. The van der Waals surface area contributed by atoms with Gasteiger partial charge in [0.25, 0.3) is 5.91 Å². The maximum Gasteiger partial charge on any atom is 0.256 e. The fraction of sp³-hybridized carbons (Fsp3) is 0. The van der Waals surface area contributed by atoms with E-state index >= 15 is 0 Å². The van der Waals surface area contributed by atoms with Gasteiger partial charge >= 0.3 is 0 Å². The van der Waals surface area contributed by atoms with E-state index in [1.54, 1.807) is 10.7 Å². The number of nitrogens with zero attached hydrogens (tertiary/aromatic N) is 5. The maximum atomic E-state index is 12.9. The highest BCUT2D eigenvalue weighted by molar-refractivity contribution is 6.12. The van der Waals surface area contributed by atoms with Gasteiger partial charge in [0, 0.05) is 23.0 Å². The van der Waals surface area contributed by atoms with Crippen LogP contribution in [0.25, 0.3) is 39.2 Å². The van der Waals surface area contributed by atoms with Crippen LogP contribution in [-0.2, 0) is 0 Å². The topological polar surface area (TPSA) is 85.1 Å². The highest BCUT2D eigenvalue weighted by atomic mass is 16.1. The number of nitrogens with one attached hydrogen (secondary N) is 1. The first-order chi connectivity index (χ1) is 16.8. The Bertz CT molecular complexity index is 1640. The highest BCUT2D eigenvalue weighted by Gasteiger charge is 2.13. The molecular formula is C27H18N6O. The lowest BCUT2D eigenvalue weighted by Gasteiger charge is -2.09. The van der Waals surface area contributed by atoms with Crippen molar-refractivity contribution in [1.82, 2.24) is 24.8 Å². The third-order valence-corrected chi connectivity index (χ3v) is 5.63. The molecule has 0 aliphatic carbocycles. The number of aromatic nitrogens is 5. The molecule has 0 spiro atoms. The van der Waals surface area contributed by atoms with Crippen molar-refractivity contribution >= 4 is 28.0 Å². The third kappa shape index (κ3) is 3.55. The fourth-order valence-electron chi connectivity index (χ4n) is 3.94. The Morgan fingerprint density at radius 1 is 0.735 bits per heavy atom. The lowest BCUT2D eigenvalue weighted by molar-refractivity contribution is 0.102. The van der Waals surface area contributed by atoms with Gasteiger partial charge in [-0.15, -0.1) is 10.2 Å². The van der Waals surface area contributed by atoms with Crippen molar-refractivity contribution in [3.8, 4) is 22.8 Å². The predicted octanol–water partition coefficient (Wildman–Crippen LogP) is 5.26. The number of hydrogen-bond donors (Lipinski definition) is 1. The minimum absolute atomic E-state index is 0.145. The van der Waals surface area contributed by atoms with Crippen LogP contribution in [0.3, 0.4) is 0 Å². The molecule has 0 bridgehead atoms. The molecule has 0 atom stereocenters. The molecule has 162 valence electrons. The van der Waals surface area contributed by atoms with Crippen LogP contribution >= 0.6 is 0 Å². The quantitative estimate of drug-likeness (QED) is 0.403. The van der Waals surface area contributed by atoms with Gasteiger partial charge in [-0.1, -0.05) is 54.6 Å². The number of pyridine rings is 1. The first-order valence-electron chi connectivity index (χ1n) is 10.8. The molecule has 1 amide bonds. The largest absolute Gasteiger partial charge is 0.322 e. The van der Waals surface area contributed by atoms with Gasteiger partial charge in [0.15, 0.2) is 5.65 Å². The Kier molecular flexibility index (Phi) is 4.77. The summed E-state index contributed by atoms with van der Waals surface area (Å²) in [5.74, 6) is 0.435. The average Bonchev–Trinajstić information content (AvgIpc) is 3.32. The number of rotatable bonds is 4. The molecule has 0 saturated heterocycles. The van der Waals surface area contributed by atoms with Crippen molar-refractivity contribution in [2.75, 3.05) is 5.32 Å². The molecule has 3 aromatic carbocycles. The Morgan fingerprint density at radius 2 is 1.56 bits per heavy atom. The lowest BCUT2D eigenvalue weighted by atomic mass is 10.0. The number of fused-ring (bicyclic) bond motifs is 2. The van der Waals surface area contributed by atoms with Crippen molar-refractivity contribution in [2.45, 2.75) is 0 Å². The Balaban J connectivity index is 1.28. The minimum Gasteiger partial charge on any atom is -0.322 e. The lowest BCUT2D eigenvalue weighted by Crippen LogP contribution is -2.12. The number of hydrogen-bond acceptors (Lipinski definition) is 5. The molecule has 0 fully saturated rings. The third-order valence-electron chi connectivity index (χ3n) is 5.63. The summed E-state index contributed by atoms with van der Waals surface area (Å²) in [6.45, 7) is 0. The molecule has 7 nitrogen and oxygen atoms in total. The van der Waals surface area contributed by atoms with E-state index in [1.807, 2.05) is 97.1 Å². The second-order valence-electron chi connectivity index (χ2n) is 7.79. The van der Waals surface area contributed by atoms with Gasteiger partial charge in [-0.05, 0) is 53.2 Å². The number of carbonyl (C=O) groups excluding carboxylic acids is 1. The monoisotopic (exact) mass is 442 g/mol. The minimum atomic E-state index is -0.145. The summed E-state index contributed by atoms with van der Waals surface area (Å²) in [4.78, 5) is 17.3. The van der Waals surface area contributed by atoms with Crippen LogP contribution in [0.4, 0.5) is 5.69 Å². The van der Waals surface area contributed by atoms with Crippen LogP contribution < -0.4 is 5.32 Å². The van der Waals surface area contributed by atoms with E-state index in [9.17, 15) is 4.79 Å². The van der Waals surface area contributed by atoms with Gasteiger partial charge < -0.3 is 5.32 Å². The van der Waals surface area contributed by atoms with Gasteiger partial charge in [-0.25, -0.2) is 0 Å². The number of anilines is 1. The van der Waals surface area contributed by atoms with Crippen molar-refractivity contribution in [3.63, 3.8) is 0 Å². The van der Waals surface area contributed by atoms with E-state index in [0.29, 0.717) is 28.4 Å². The van der Waals surface area contributed by atoms with E-state index in [-0.39, 0.29) is 5.91 Å². The standard InChI is InChI=1S/C27H18N6O/c34-27(22-9-5-7-18-6-1-2-8-21(18)22)29-20-13-11-19(12-14-20)23-15-16-25-30-31-26(33(25)32-23)24-10-3-4-17-28-24/h1-17H,(H,29,34). The molecule has 1 N–H and O–H groups in total. The summed E-state index contributed by atoms with van der Waals surface area (Å²) < 4.78 is 1.69. The van der Waals surface area contributed by atoms with Crippen LogP contribution in [0, 0.1) is 0 Å². The number of amides is 1. The predicted molar refractivity (Wildman–Crippen MR) is 131 cm³/mol. The van der Waals surface area contributed by atoms with Crippen LogP contribution in [0.2, 0.25) is 0 Å². The van der Waals surface area contributed by atoms with Gasteiger partial charge in [0.1, 0.15) is 5.69 Å². The second-order valence-corrected chi connectivity index (χ2v) is 7.79. The number of benzene rings is 3. The first kappa shape index (κ1) is 19.8. The first-order valence-corrected chi connectivity index (χ1v) is 10.8. The molecule has 0 radical (unpaired) electrons. The molecule has 6 aromatic rings. The summed E-state index contributed by atoms with van der Waals surface area (Å²) in [6.07, 6.45) is 1.71. The molecule has 0 aliphatic rings. The zero-order valence-corrected chi connectivity index (χ0v) is 18.0. The molecule has 0 aliphatic heterocycles. The Labute approximate surface area is 194 Å². The number of carbonyl (C=O) groups is 1. The van der Waals surface area contributed by atoms with Crippen LogP contribution in [0.15, 0.2) is 103 Å². The van der Waals surface area contributed by atoms with Gasteiger partial charge in [-0.3, -0.25) is 9.78 Å². The molecule has 6 rings (SSSR count). The van der Waals surface area contributed by atoms with Gasteiger partial charge in [0.05, 0.1) is 5.69 Å². The SMILES string of the molecule is O=C(Nc1ccc(-c2ccc3nnc(-c4ccccn4)n3n2)cc1)c1cccc2ccccc12. The van der Waals surface area contributed by atoms with E-state index in [1.165, 1.54) is 0 Å². The molecule has 3 heterocycles. The Morgan fingerprint density at radius 3 is 2.41 bits per heavy atom. The average molecular weight is 442 g/mol. The van der Waals surface area contributed by atoms with Gasteiger partial charge in [0.2, 0.25) is 5.82 Å². The summed E-state index contributed by atoms with van der Waals surface area (Å²) >= 11 is 0.